The number of nitrogens with one attached hydrogen (secondary N) is 1. The zero-order valence-electron chi connectivity index (χ0n) is 12.4. The Morgan fingerprint density at radius 1 is 1.38 bits per heavy atom. The van der Waals surface area contributed by atoms with Crippen LogP contribution in [0.4, 0.5) is 24.9 Å². The lowest BCUT2D eigenvalue weighted by atomic mass is 10.2. The second-order valence-electron chi connectivity index (χ2n) is 5.43. The van der Waals surface area contributed by atoms with Gasteiger partial charge < -0.3 is 15.1 Å². The molecule has 0 aromatic carbocycles. The van der Waals surface area contributed by atoms with E-state index in [0.29, 0.717) is 5.82 Å². The smallest absolute Gasteiger partial charge is 0.357 e. The van der Waals surface area contributed by atoms with E-state index in [1.807, 2.05) is 23.9 Å². The summed E-state index contributed by atoms with van der Waals surface area (Å²) in [6.07, 6.45) is -2.56. The molecule has 2 heterocycles. The highest BCUT2D eigenvalue weighted by molar-refractivity contribution is 5.47. The van der Waals surface area contributed by atoms with Crippen LogP contribution in [0.3, 0.4) is 0 Å². The maximum atomic E-state index is 12.9. The summed E-state index contributed by atoms with van der Waals surface area (Å²) in [4.78, 5) is 11.7. The van der Waals surface area contributed by atoms with Gasteiger partial charge in [-0.15, -0.1) is 0 Å². The van der Waals surface area contributed by atoms with Crippen molar-refractivity contribution in [3.05, 3.63) is 11.8 Å². The minimum absolute atomic E-state index is 0.00433. The quantitative estimate of drug-likeness (QED) is 0.922. The van der Waals surface area contributed by atoms with Crippen molar-refractivity contribution in [2.24, 2.45) is 0 Å². The summed E-state index contributed by atoms with van der Waals surface area (Å²) >= 11 is 0. The number of halogens is 3. The molecule has 1 fully saturated rings. The van der Waals surface area contributed by atoms with Gasteiger partial charge in [0.2, 0.25) is 5.95 Å². The van der Waals surface area contributed by atoms with E-state index in [0.717, 1.165) is 32.0 Å². The minimum Gasteiger partial charge on any atom is -0.357 e. The molecule has 0 saturated carbocycles. The molecule has 0 bridgehead atoms. The third-order valence-corrected chi connectivity index (χ3v) is 3.47. The third kappa shape index (κ3) is 3.75. The number of aromatic nitrogens is 2. The Morgan fingerprint density at radius 2 is 2.10 bits per heavy atom. The molecule has 0 aliphatic carbocycles. The number of hydrogen-bond donors (Lipinski definition) is 1. The second-order valence-corrected chi connectivity index (χ2v) is 5.43. The van der Waals surface area contributed by atoms with Crippen LogP contribution in [0, 0.1) is 0 Å². The van der Waals surface area contributed by atoms with Crippen molar-refractivity contribution >= 4 is 11.8 Å². The predicted octanol–water partition coefficient (Wildman–Crippen LogP) is 2.07. The number of nitrogens with zero attached hydrogens (tertiary/aromatic N) is 4. The van der Waals surface area contributed by atoms with Crippen molar-refractivity contribution in [2.45, 2.75) is 25.1 Å². The average molecular weight is 303 g/mol. The van der Waals surface area contributed by atoms with Gasteiger partial charge in [-0.25, -0.2) is 4.98 Å². The molecular formula is C13H20F3N5. The summed E-state index contributed by atoms with van der Waals surface area (Å²) in [5.41, 5.74) is -0.910. The van der Waals surface area contributed by atoms with E-state index < -0.39 is 11.9 Å². The van der Waals surface area contributed by atoms with Crippen LogP contribution in [0.1, 0.15) is 18.5 Å². The first-order valence-electron chi connectivity index (χ1n) is 6.86. The van der Waals surface area contributed by atoms with Gasteiger partial charge in [-0.1, -0.05) is 0 Å². The lowest BCUT2D eigenvalue weighted by Crippen LogP contribution is -2.38. The molecule has 1 aromatic rings. The molecule has 0 spiro atoms. The van der Waals surface area contributed by atoms with Crippen molar-refractivity contribution in [3.8, 4) is 0 Å². The molecule has 0 radical (unpaired) electrons. The molecule has 1 aliphatic heterocycles. The molecule has 118 valence electrons. The standard InChI is InChI=1S/C13H20F3N5/c1-17-12-18-10(13(14,15)16)7-11(19-12)21-6-4-5-9(21)8-20(2)3/h7,9H,4-6,8H2,1-3H3,(H,17,18,19). The zero-order valence-corrected chi connectivity index (χ0v) is 12.4. The topological polar surface area (TPSA) is 44.3 Å². The predicted molar refractivity (Wildman–Crippen MR) is 75.5 cm³/mol. The van der Waals surface area contributed by atoms with Gasteiger partial charge in [0.25, 0.3) is 0 Å². The van der Waals surface area contributed by atoms with Gasteiger partial charge in [0.15, 0.2) is 5.69 Å². The van der Waals surface area contributed by atoms with E-state index >= 15 is 0 Å². The molecule has 0 amide bonds. The minimum atomic E-state index is -4.47. The summed E-state index contributed by atoms with van der Waals surface area (Å²) in [5.74, 6) is 0.335. The highest BCUT2D eigenvalue weighted by atomic mass is 19.4. The molecule has 1 atom stereocenters. The van der Waals surface area contributed by atoms with Crippen LogP contribution in [0.15, 0.2) is 6.07 Å². The van der Waals surface area contributed by atoms with E-state index in [9.17, 15) is 13.2 Å². The van der Waals surface area contributed by atoms with E-state index in [1.54, 1.807) is 0 Å². The van der Waals surface area contributed by atoms with Gasteiger partial charge in [-0.3, -0.25) is 0 Å². The third-order valence-electron chi connectivity index (χ3n) is 3.47. The molecule has 1 saturated heterocycles. The van der Waals surface area contributed by atoms with Gasteiger partial charge in [0, 0.05) is 32.2 Å². The maximum Gasteiger partial charge on any atom is 0.433 e. The second kappa shape index (κ2) is 6.05. The van der Waals surface area contributed by atoms with Crippen LogP contribution in [0.2, 0.25) is 0 Å². The number of likely N-dealkylation sites (N-methyl/N-ethyl adjacent to an activating group) is 1. The van der Waals surface area contributed by atoms with Gasteiger partial charge in [-0.05, 0) is 26.9 Å². The Hall–Kier alpha value is -1.57. The zero-order chi connectivity index (χ0) is 15.6. The van der Waals surface area contributed by atoms with Crippen molar-refractivity contribution in [1.29, 1.82) is 0 Å². The van der Waals surface area contributed by atoms with Crippen molar-refractivity contribution in [1.82, 2.24) is 14.9 Å². The molecule has 2 rings (SSSR count). The lowest BCUT2D eigenvalue weighted by Gasteiger charge is -2.28. The molecule has 21 heavy (non-hydrogen) atoms. The fourth-order valence-electron chi connectivity index (χ4n) is 2.59. The molecule has 8 heteroatoms. The first-order valence-corrected chi connectivity index (χ1v) is 6.86. The number of alkyl halides is 3. The SMILES string of the molecule is CNc1nc(N2CCCC2CN(C)C)cc(C(F)(F)F)n1. The average Bonchev–Trinajstić information content (AvgIpc) is 2.84. The van der Waals surface area contributed by atoms with Crippen LogP contribution in [-0.4, -0.2) is 55.1 Å². The first kappa shape index (κ1) is 15.8. The summed E-state index contributed by atoms with van der Waals surface area (Å²) in [7, 11) is 5.42. The largest absolute Gasteiger partial charge is 0.433 e. The van der Waals surface area contributed by atoms with E-state index in [4.69, 9.17) is 0 Å². The van der Waals surface area contributed by atoms with E-state index in [2.05, 4.69) is 15.3 Å². The summed E-state index contributed by atoms with van der Waals surface area (Å²) < 4.78 is 38.8. The Bertz CT molecular complexity index is 489. The summed E-state index contributed by atoms with van der Waals surface area (Å²) in [6.45, 7) is 1.51. The molecule has 1 aliphatic rings. The van der Waals surface area contributed by atoms with E-state index in [-0.39, 0.29) is 12.0 Å². The van der Waals surface area contributed by atoms with Gasteiger partial charge >= 0.3 is 6.18 Å². The fraction of sp³-hybridized carbons (Fsp3) is 0.692. The lowest BCUT2D eigenvalue weighted by molar-refractivity contribution is -0.141. The highest BCUT2D eigenvalue weighted by Gasteiger charge is 2.35. The van der Waals surface area contributed by atoms with Crippen LogP contribution in [0.25, 0.3) is 0 Å². The molecular weight excluding hydrogens is 283 g/mol. The van der Waals surface area contributed by atoms with Crippen LogP contribution < -0.4 is 10.2 Å². The number of anilines is 2. The molecule has 1 unspecified atom stereocenters. The number of hydrogen-bond acceptors (Lipinski definition) is 5. The summed E-state index contributed by atoms with van der Waals surface area (Å²) in [6, 6.07) is 1.22. The van der Waals surface area contributed by atoms with E-state index in [1.165, 1.54) is 7.05 Å². The van der Waals surface area contributed by atoms with Crippen LogP contribution >= 0.6 is 0 Å². The summed E-state index contributed by atoms with van der Waals surface area (Å²) in [5, 5.41) is 2.60. The van der Waals surface area contributed by atoms with Crippen molar-refractivity contribution in [3.63, 3.8) is 0 Å². The first-order chi connectivity index (χ1) is 9.81. The fourth-order valence-corrected chi connectivity index (χ4v) is 2.59. The monoisotopic (exact) mass is 303 g/mol. The van der Waals surface area contributed by atoms with Crippen LogP contribution in [-0.2, 0) is 6.18 Å². The Morgan fingerprint density at radius 3 is 2.67 bits per heavy atom. The Balaban J connectivity index is 2.33. The van der Waals surface area contributed by atoms with Gasteiger partial charge in [0.1, 0.15) is 5.82 Å². The van der Waals surface area contributed by atoms with Gasteiger partial charge in [-0.2, -0.15) is 18.2 Å². The normalized spacial score (nSPS) is 19.4. The van der Waals surface area contributed by atoms with Gasteiger partial charge in [0.05, 0.1) is 0 Å². The Labute approximate surface area is 122 Å². The number of rotatable bonds is 4. The van der Waals surface area contributed by atoms with Crippen molar-refractivity contribution in [2.75, 3.05) is 44.4 Å². The maximum absolute atomic E-state index is 12.9. The molecule has 1 N–H and O–H groups in total. The van der Waals surface area contributed by atoms with Crippen LogP contribution in [0.5, 0.6) is 0 Å². The molecule has 1 aromatic heterocycles. The molecule has 5 nitrogen and oxygen atoms in total. The Kier molecular flexibility index (Phi) is 4.55. The highest BCUT2D eigenvalue weighted by Crippen LogP contribution is 2.32. The van der Waals surface area contributed by atoms with Crippen molar-refractivity contribution < 1.29 is 13.2 Å².